The van der Waals surface area contributed by atoms with Gasteiger partial charge in [-0.05, 0) is 68.3 Å². The van der Waals surface area contributed by atoms with Gasteiger partial charge in [-0.1, -0.05) is 36.4 Å². The molecule has 0 aliphatic rings. The average Bonchev–Trinajstić information content (AvgIpc) is 3.09. The molecule has 3 aromatic carbocycles. The second kappa shape index (κ2) is 9.47. The van der Waals surface area contributed by atoms with E-state index in [-0.39, 0.29) is 18.1 Å². The highest BCUT2D eigenvalue weighted by Crippen LogP contribution is 2.32. The van der Waals surface area contributed by atoms with Crippen LogP contribution in [-0.4, -0.2) is 15.7 Å². The van der Waals surface area contributed by atoms with Crippen LogP contribution in [0, 0.1) is 19.7 Å². The minimum atomic E-state index is -0.343. The first kappa shape index (κ1) is 21.3. The molecule has 0 bridgehead atoms. The second-order valence-electron chi connectivity index (χ2n) is 7.54. The van der Waals surface area contributed by atoms with E-state index in [1.165, 1.54) is 12.1 Å². The second-order valence-corrected chi connectivity index (χ2v) is 7.54. The molecule has 0 aliphatic heterocycles. The van der Waals surface area contributed by atoms with Gasteiger partial charge in [0.15, 0.2) is 0 Å². The third-order valence-electron chi connectivity index (χ3n) is 5.17. The SMILES string of the molecule is Cc1ccccc1-n1nc(C)c(CCC(=O)Nc2ccc(F)cc2)c1Oc1ccccc1. The standard InChI is InChI=1S/C26H24FN3O2/c1-18-8-6-7-11-24(18)30-26(32-22-9-4-3-5-10-22)23(19(2)29-30)16-17-25(31)28-21-14-12-20(27)13-15-21/h3-15H,16-17H2,1-2H3,(H,28,31). The molecule has 0 unspecified atom stereocenters. The Morgan fingerprint density at radius 1 is 0.969 bits per heavy atom. The number of para-hydroxylation sites is 2. The number of carbonyl (C=O) groups is 1. The fourth-order valence-electron chi connectivity index (χ4n) is 3.49. The van der Waals surface area contributed by atoms with Crippen molar-refractivity contribution in [2.45, 2.75) is 26.7 Å². The van der Waals surface area contributed by atoms with Crippen molar-refractivity contribution in [2.75, 3.05) is 5.32 Å². The molecule has 0 aliphatic carbocycles. The lowest BCUT2D eigenvalue weighted by atomic mass is 10.1. The molecule has 1 aromatic heterocycles. The van der Waals surface area contributed by atoms with Gasteiger partial charge in [-0.3, -0.25) is 4.79 Å². The number of carbonyl (C=O) groups excluding carboxylic acids is 1. The fourth-order valence-corrected chi connectivity index (χ4v) is 3.49. The van der Waals surface area contributed by atoms with Crippen molar-refractivity contribution < 1.29 is 13.9 Å². The van der Waals surface area contributed by atoms with Crippen molar-refractivity contribution in [3.05, 3.63) is 102 Å². The summed E-state index contributed by atoms with van der Waals surface area (Å²) in [5.41, 5.74) is 4.21. The Hall–Kier alpha value is -3.93. The molecule has 32 heavy (non-hydrogen) atoms. The first-order valence-corrected chi connectivity index (χ1v) is 10.4. The Labute approximate surface area is 186 Å². The van der Waals surface area contributed by atoms with Gasteiger partial charge in [0.25, 0.3) is 0 Å². The van der Waals surface area contributed by atoms with Crippen LogP contribution in [0.15, 0.2) is 78.9 Å². The minimum Gasteiger partial charge on any atom is -0.439 e. The quantitative estimate of drug-likeness (QED) is 0.392. The molecule has 0 radical (unpaired) electrons. The van der Waals surface area contributed by atoms with Crippen LogP contribution in [0.2, 0.25) is 0 Å². The molecule has 0 fully saturated rings. The number of aromatic nitrogens is 2. The number of hydrogen-bond acceptors (Lipinski definition) is 3. The van der Waals surface area contributed by atoms with Crippen LogP contribution in [0.25, 0.3) is 5.69 Å². The van der Waals surface area contributed by atoms with Crippen molar-refractivity contribution in [3.63, 3.8) is 0 Å². The Balaban J connectivity index is 1.61. The average molecular weight is 429 g/mol. The summed E-state index contributed by atoms with van der Waals surface area (Å²) in [7, 11) is 0. The van der Waals surface area contributed by atoms with Crippen LogP contribution in [0.3, 0.4) is 0 Å². The fraction of sp³-hybridized carbons (Fsp3) is 0.154. The van der Waals surface area contributed by atoms with Gasteiger partial charge >= 0.3 is 0 Å². The third kappa shape index (κ3) is 4.86. The van der Waals surface area contributed by atoms with E-state index >= 15 is 0 Å². The molecular weight excluding hydrogens is 405 g/mol. The summed E-state index contributed by atoms with van der Waals surface area (Å²) < 4.78 is 21.2. The third-order valence-corrected chi connectivity index (χ3v) is 5.17. The summed E-state index contributed by atoms with van der Waals surface area (Å²) in [6.45, 7) is 3.94. The van der Waals surface area contributed by atoms with Crippen LogP contribution in [0.5, 0.6) is 11.6 Å². The van der Waals surface area contributed by atoms with Gasteiger partial charge in [-0.2, -0.15) is 9.78 Å². The van der Waals surface area contributed by atoms with Crippen LogP contribution in [0.1, 0.15) is 23.2 Å². The molecule has 0 spiro atoms. The summed E-state index contributed by atoms with van der Waals surface area (Å²) in [5.74, 6) is 0.784. The number of anilines is 1. The number of nitrogens with zero attached hydrogens (tertiary/aromatic N) is 2. The minimum absolute atomic E-state index is 0.162. The van der Waals surface area contributed by atoms with Crippen molar-refractivity contribution >= 4 is 11.6 Å². The maximum Gasteiger partial charge on any atom is 0.226 e. The van der Waals surface area contributed by atoms with E-state index in [1.807, 2.05) is 68.4 Å². The summed E-state index contributed by atoms with van der Waals surface area (Å²) in [6, 6.07) is 23.2. The van der Waals surface area contributed by atoms with Gasteiger partial charge in [0.2, 0.25) is 11.8 Å². The number of aryl methyl sites for hydroxylation is 2. The number of nitrogens with one attached hydrogen (secondary N) is 1. The van der Waals surface area contributed by atoms with Crippen molar-refractivity contribution in [2.24, 2.45) is 0 Å². The van der Waals surface area contributed by atoms with Crippen LogP contribution >= 0.6 is 0 Å². The zero-order chi connectivity index (χ0) is 22.5. The van der Waals surface area contributed by atoms with Crippen molar-refractivity contribution in [3.8, 4) is 17.3 Å². The van der Waals surface area contributed by atoms with Gasteiger partial charge < -0.3 is 10.1 Å². The molecule has 1 N–H and O–H groups in total. The van der Waals surface area contributed by atoms with Gasteiger partial charge in [0.05, 0.1) is 11.4 Å². The summed E-state index contributed by atoms with van der Waals surface area (Å²) in [4.78, 5) is 12.5. The van der Waals surface area contributed by atoms with E-state index < -0.39 is 0 Å². The Kier molecular flexibility index (Phi) is 6.31. The van der Waals surface area contributed by atoms with Crippen LogP contribution < -0.4 is 10.1 Å². The number of ether oxygens (including phenoxy) is 1. The first-order chi connectivity index (χ1) is 15.5. The number of hydrogen-bond donors (Lipinski definition) is 1. The predicted octanol–water partition coefficient (Wildman–Crippen LogP) is 5.99. The van der Waals surface area contributed by atoms with Gasteiger partial charge in [-0.15, -0.1) is 0 Å². The monoisotopic (exact) mass is 429 g/mol. The lowest BCUT2D eigenvalue weighted by Gasteiger charge is -2.13. The molecular formula is C26H24FN3O2. The number of amides is 1. The molecule has 1 heterocycles. The van der Waals surface area contributed by atoms with E-state index in [2.05, 4.69) is 5.32 Å². The highest BCUT2D eigenvalue weighted by Gasteiger charge is 2.20. The largest absolute Gasteiger partial charge is 0.439 e. The zero-order valence-corrected chi connectivity index (χ0v) is 18.0. The smallest absolute Gasteiger partial charge is 0.226 e. The zero-order valence-electron chi connectivity index (χ0n) is 18.0. The highest BCUT2D eigenvalue weighted by atomic mass is 19.1. The number of rotatable bonds is 7. The Bertz CT molecular complexity index is 1220. The maximum atomic E-state index is 13.1. The molecule has 5 nitrogen and oxygen atoms in total. The van der Waals surface area contributed by atoms with E-state index in [0.29, 0.717) is 23.7 Å². The number of halogens is 1. The normalized spacial score (nSPS) is 10.7. The molecule has 6 heteroatoms. The molecule has 0 saturated heterocycles. The Morgan fingerprint density at radius 3 is 2.38 bits per heavy atom. The van der Waals surface area contributed by atoms with E-state index in [0.717, 1.165) is 22.5 Å². The Morgan fingerprint density at radius 2 is 1.66 bits per heavy atom. The van der Waals surface area contributed by atoms with E-state index in [1.54, 1.807) is 16.8 Å². The molecule has 0 saturated carbocycles. The van der Waals surface area contributed by atoms with Crippen LogP contribution in [-0.2, 0) is 11.2 Å². The van der Waals surface area contributed by atoms with Crippen molar-refractivity contribution in [1.29, 1.82) is 0 Å². The number of benzene rings is 3. The lowest BCUT2D eigenvalue weighted by molar-refractivity contribution is -0.116. The molecule has 1 amide bonds. The summed E-state index contributed by atoms with van der Waals surface area (Å²) in [5, 5.41) is 7.53. The molecule has 162 valence electrons. The van der Waals surface area contributed by atoms with Gasteiger partial charge in [0.1, 0.15) is 11.6 Å². The molecule has 0 atom stereocenters. The van der Waals surface area contributed by atoms with Crippen molar-refractivity contribution in [1.82, 2.24) is 9.78 Å². The molecule has 4 aromatic rings. The predicted molar refractivity (Wildman–Crippen MR) is 123 cm³/mol. The summed E-state index contributed by atoms with van der Waals surface area (Å²) >= 11 is 0. The summed E-state index contributed by atoms with van der Waals surface area (Å²) in [6.07, 6.45) is 0.690. The van der Waals surface area contributed by atoms with Crippen LogP contribution in [0.4, 0.5) is 10.1 Å². The van der Waals surface area contributed by atoms with E-state index in [4.69, 9.17) is 9.84 Å². The topological polar surface area (TPSA) is 56.2 Å². The van der Waals surface area contributed by atoms with Gasteiger partial charge in [-0.25, -0.2) is 4.39 Å². The first-order valence-electron chi connectivity index (χ1n) is 10.4. The lowest BCUT2D eigenvalue weighted by Crippen LogP contribution is -2.12. The molecule has 4 rings (SSSR count). The van der Waals surface area contributed by atoms with Gasteiger partial charge in [0, 0.05) is 17.7 Å². The maximum absolute atomic E-state index is 13.1. The highest BCUT2D eigenvalue weighted by molar-refractivity contribution is 5.90. The van der Waals surface area contributed by atoms with E-state index in [9.17, 15) is 9.18 Å².